The topological polar surface area (TPSA) is 74.4 Å². The largest absolute Gasteiger partial charge is 0.376 e. The van der Waals surface area contributed by atoms with Gasteiger partial charge in [0.2, 0.25) is 5.91 Å². The predicted molar refractivity (Wildman–Crippen MR) is 114 cm³/mol. The zero-order chi connectivity index (χ0) is 20.7. The maximum absolute atomic E-state index is 13.3. The van der Waals surface area contributed by atoms with Crippen LogP contribution in [0.3, 0.4) is 0 Å². The number of nitrogens with one attached hydrogen (secondary N) is 2. The summed E-state index contributed by atoms with van der Waals surface area (Å²) in [5.41, 5.74) is 4.71. The summed E-state index contributed by atoms with van der Waals surface area (Å²) in [6, 6.07) is 15.5. The molecule has 3 heterocycles. The van der Waals surface area contributed by atoms with E-state index in [1.54, 1.807) is 4.90 Å². The summed E-state index contributed by atoms with van der Waals surface area (Å²) in [5.74, 6) is -0.262. The molecular weight excluding hydrogens is 378 g/mol. The number of carbonyl (C=O) groups excluding carboxylic acids is 2. The van der Waals surface area contributed by atoms with Gasteiger partial charge in [-0.2, -0.15) is 0 Å². The van der Waals surface area contributed by atoms with Gasteiger partial charge in [-0.25, -0.2) is 0 Å². The number of ether oxygens (including phenoxy) is 1. The SMILES string of the molecule is Cc1[nH]c2ccccc2c1C1c2ccccc2C(=O)N1CC(=O)NCC1CCCO1. The third-order valence-electron chi connectivity index (χ3n) is 6.14. The van der Waals surface area contributed by atoms with Crippen molar-refractivity contribution in [2.45, 2.75) is 31.9 Å². The Labute approximate surface area is 175 Å². The predicted octanol–water partition coefficient (Wildman–Crippen LogP) is 3.32. The normalized spacial score (nSPS) is 20.7. The molecule has 2 amide bonds. The molecule has 6 heteroatoms. The summed E-state index contributed by atoms with van der Waals surface area (Å²) in [4.78, 5) is 31.1. The molecule has 2 aliphatic rings. The van der Waals surface area contributed by atoms with E-state index in [1.165, 1.54) is 0 Å². The second-order valence-electron chi connectivity index (χ2n) is 8.07. The molecule has 1 fully saturated rings. The number of aryl methyl sites for hydroxylation is 1. The first-order chi connectivity index (χ1) is 14.6. The molecule has 0 saturated carbocycles. The number of carbonyl (C=O) groups is 2. The zero-order valence-corrected chi connectivity index (χ0v) is 17.0. The van der Waals surface area contributed by atoms with Crippen molar-refractivity contribution in [1.29, 1.82) is 0 Å². The van der Waals surface area contributed by atoms with Crippen LogP contribution in [0.25, 0.3) is 10.9 Å². The van der Waals surface area contributed by atoms with Crippen molar-refractivity contribution >= 4 is 22.7 Å². The number of hydrogen-bond acceptors (Lipinski definition) is 3. The van der Waals surface area contributed by atoms with Gasteiger partial charge >= 0.3 is 0 Å². The Balaban J connectivity index is 1.48. The van der Waals surface area contributed by atoms with Gasteiger partial charge in [-0.1, -0.05) is 36.4 Å². The number of amides is 2. The van der Waals surface area contributed by atoms with Crippen LogP contribution in [0.15, 0.2) is 48.5 Å². The number of fused-ring (bicyclic) bond motifs is 2. The number of hydrogen-bond donors (Lipinski definition) is 2. The van der Waals surface area contributed by atoms with Gasteiger partial charge in [-0.3, -0.25) is 9.59 Å². The Morgan fingerprint density at radius 1 is 1.20 bits per heavy atom. The summed E-state index contributed by atoms with van der Waals surface area (Å²) >= 11 is 0. The smallest absolute Gasteiger partial charge is 0.255 e. The number of rotatable bonds is 5. The van der Waals surface area contributed by atoms with E-state index in [1.807, 2.05) is 49.4 Å². The molecule has 0 bridgehead atoms. The van der Waals surface area contributed by atoms with E-state index in [0.29, 0.717) is 12.1 Å². The summed E-state index contributed by atoms with van der Waals surface area (Å²) < 4.78 is 5.59. The number of H-pyrrole nitrogens is 1. The van der Waals surface area contributed by atoms with Crippen LogP contribution in [0, 0.1) is 6.92 Å². The molecular formula is C24H25N3O3. The molecule has 2 N–H and O–H groups in total. The van der Waals surface area contributed by atoms with Crippen LogP contribution in [0.4, 0.5) is 0 Å². The number of aromatic amines is 1. The number of aromatic nitrogens is 1. The number of benzene rings is 2. The van der Waals surface area contributed by atoms with Gasteiger partial charge in [0.1, 0.15) is 6.54 Å². The Morgan fingerprint density at radius 2 is 2.00 bits per heavy atom. The minimum Gasteiger partial charge on any atom is -0.376 e. The fourth-order valence-electron chi connectivity index (χ4n) is 4.74. The fourth-order valence-corrected chi connectivity index (χ4v) is 4.74. The molecule has 1 aromatic heterocycles. The first-order valence-corrected chi connectivity index (χ1v) is 10.5. The molecule has 2 aromatic carbocycles. The van der Waals surface area contributed by atoms with E-state index in [-0.39, 0.29) is 30.5 Å². The van der Waals surface area contributed by atoms with E-state index in [4.69, 9.17) is 4.74 Å². The lowest BCUT2D eigenvalue weighted by Gasteiger charge is -2.26. The van der Waals surface area contributed by atoms with E-state index in [0.717, 1.165) is 47.2 Å². The highest BCUT2D eigenvalue weighted by atomic mass is 16.5. The molecule has 2 atom stereocenters. The van der Waals surface area contributed by atoms with Gasteiger partial charge in [0, 0.05) is 40.9 Å². The minimum atomic E-state index is -0.293. The first-order valence-electron chi connectivity index (χ1n) is 10.5. The van der Waals surface area contributed by atoms with Gasteiger partial charge in [-0.15, -0.1) is 0 Å². The van der Waals surface area contributed by atoms with Gasteiger partial charge in [-0.05, 0) is 37.5 Å². The van der Waals surface area contributed by atoms with Crippen molar-refractivity contribution in [3.8, 4) is 0 Å². The highest BCUT2D eigenvalue weighted by molar-refractivity contribution is 6.02. The summed E-state index contributed by atoms with van der Waals surface area (Å²) in [5, 5.41) is 4.03. The van der Waals surface area contributed by atoms with E-state index < -0.39 is 0 Å². The van der Waals surface area contributed by atoms with E-state index in [9.17, 15) is 9.59 Å². The van der Waals surface area contributed by atoms with Crippen LogP contribution in [0.5, 0.6) is 0 Å². The van der Waals surface area contributed by atoms with Gasteiger partial charge in [0.15, 0.2) is 0 Å². The van der Waals surface area contributed by atoms with Crippen molar-refractivity contribution in [3.05, 3.63) is 70.9 Å². The molecule has 6 nitrogen and oxygen atoms in total. The lowest BCUT2D eigenvalue weighted by Crippen LogP contribution is -2.41. The second kappa shape index (κ2) is 7.61. The minimum absolute atomic E-state index is 0.0177. The van der Waals surface area contributed by atoms with Crippen LogP contribution >= 0.6 is 0 Å². The Morgan fingerprint density at radius 3 is 2.83 bits per heavy atom. The van der Waals surface area contributed by atoms with Crippen LogP contribution in [-0.2, 0) is 9.53 Å². The monoisotopic (exact) mass is 403 g/mol. The molecule has 2 unspecified atom stereocenters. The molecule has 5 rings (SSSR count). The second-order valence-corrected chi connectivity index (χ2v) is 8.07. The van der Waals surface area contributed by atoms with Crippen LogP contribution in [0.2, 0.25) is 0 Å². The molecule has 0 radical (unpaired) electrons. The third kappa shape index (κ3) is 3.17. The summed E-state index contributed by atoms with van der Waals surface area (Å²) in [6.07, 6.45) is 2.07. The van der Waals surface area contributed by atoms with Crippen molar-refractivity contribution in [3.63, 3.8) is 0 Å². The van der Waals surface area contributed by atoms with Crippen molar-refractivity contribution in [1.82, 2.24) is 15.2 Å². The molecule has 154 valence electrons. The van der Waals surface area contributed by atoms with Crippen LogP contribution < -0.4 is 5.32 Å². The molecule has 2 aliphatic heterocycles. The average molecular weight is 403 g/mol. The van der Waals surface area contributed by atoms with Crippen molar-refractivity contribution in [2.24, 2.45) is 0 Å². The average Bonchev–Trinajstić information content (AvgIpc) is 3.45. The molecule has 1 saturated heterocycles. The van der Waals surface area contributed by atoms with Crippen LogP contribution in [-0.4, -0.2) is 47.5 Å². The van der Waals surface area contributed by atoms with Crippen molar-refractivity contribution < 1.29 is 14.3 Å². The maximum atomic E-state index is 13.3. The maximum Gasteiger partial charge on any atom is 0.255 e. The Kier molecular flexibility index (Phi) is 4.79. The van der Waals surface area contributed by atoms with E-state index in [2.05, 4.69) is 16.4 Å². The zero-order valence-electron chi connectivity index (χ0n) is 17.0. The quantitative estimate of drug-likeness (QED) is 0.686. The fraction of sp³-hybridized carbons (Fsp3) is 0.333. The molecule has 3 aromatic rings. The third-order valence-corrected chi connectivity index (χ3v) is 6.14. The molecule has 0 aliphatic carbocycles. The van der Waals surface area contributed by atoms with Gasteiger partial charge in [0.25, 0.3) is 5.91 Å². The lowest BCUT2D eigenvalue weighted by atomic mass is 9.95. The lowest BCUT2D eigenvalue weighted by molar-refractivity contribution is -0.122. The van der Waals surface area contributed by atoms with Gasteiger partial charge in [0.05, 0.1) is 12.1 Å². The highest BCUT2D eigenvalue weighted by Crippen LogP contribution is 2.42. The first kappa shape index (κ1) is 18.9. The number of para-hydroxylation sites is 1. The summed E-state index contributed by atoms with van der Waals surface area (Å²) in [7, 11) is 0. The Bertz CT molecular complexity index is 1110. The Hall–Kier alpha value is -3.12. The number of nitrogens with zero attached hydrogens (tertiary/aromatic N) is 1. The molecule has 30 heavy (non-hydrogen) atoms. The van der Waals surface area contributed by atoms with Gasteiger partial charge < -0.3 is 19.9 Å². The van der Waals surface area contributed by atoms with Crippen molar-refractivity contribution in [2.75, 3.05) is 19.7 Å². The standard InChI is InChI=1S/C24H25N3O3/c1-15-22(19-10-4-5-11-20(19)26-15)23-17-8-2-3-9-18(17)24(29)27(23)14-21(28)25-13-16-7-6-12-30-16/h2-5,8-11,16,23,26H,6-7,12-14H2,1H3,(H,25,28). The van der Waals surface area contributed by atoms with Crippen LogP contribution in [0.1, 0.15) is 46.1 Å². The highest BCUT2D eigenvalue weighted by Gasteiger charge is 2.40. The van der Waals surface area contributed by atoms with E-state index >= 15 is 0 Å². The molecule has 0 spiro atoms. The summed E-state index contributed by atoms with van der Waals surface area (Å²) in [6.45, 7) is 3.28.